The van der Waals surface area contributed by atoms with Crippen molar-refractivity contribution in [3.63, 3.8) is 0 Å². The smallest absolute Gasteiger partial charge is 0.224 e. The highest BCUT2D eigenvalue weighted by atomic mass is 16.3. The number of amides is 1. The molecule has 11 heavy (non-hydrogen) atoms. The van der Waals surface area contributed by atoms with E-state index in [-0.39, 0.29) is 12.6 Å². The molecule has 3 heteroatoms. The summed E-state index contributed by atoms with van der Waals surface area (Å²) in [6, 6.07) is 0.303. The fraction of sp³-hybridized carbons (Fsp3) is 0.875. The molecule has 0 unspecified atom stereocenters. The van der Waals surface area contributed by atoms with Gasteiger partial charge in [-0.25, -0.2) is 0 Å². The molecule has 1 N–H and O–H groups in total. The van der Waals surface area contributed by atoms with Crippen molar-refractivity contribution in [2.75, 3.05) is 6.73 Å². The van der Waals surface area contributed by atoms with Crippen LogP contribution in [-0.4, -0.2) is 28.7 Å². The maximum absolute atomic E-state index is 11.1. The SMILES string of the molecule is CCC[C@@H]1CCC(=O)N1CO. The fourth-order valence-corrected chi connectivity index (χ4v) is 1.62. The average molecular weight is 157 g/mol. The minimum absolute atomic E-state index is 0.103. The Morgan fingerprint density at radius 3 is 3.00 bits per heavy atom. The van der Waals surface area contributed by atoms with Crippen molar-refractivity contribution < 1.29 is 9.90 Å². The summed E-state index contributed by atoms with van der Waals surface area (Å²) in [7, 11) is 0. The van der Waals surface area contributed by atoms with E-state index in [2.05, 4.69) is 6.92 Å². The normalized spacial score (nSPS) is 24.7. The summed E-state index contributed by atoms with van der Waals surface area (Å²) in [5.74, 6) is 0.103. The number of likely N-dealkylation sites (tertiary alicyclic amines) is 1. The molecule has 0 aromatic rings. The molecule has 1 heterocycles. The molecule has 1 aliphatic heterocycles. The van der Waals surface area contributed by atoms with Crippen molar-refractivity contribution in [1.82, 2.24) is 4.90 Å². The highest BCUT2D eigenvalue weighted by Gasteiger charge is 2.28. The van der Waals surface area contributed by atoms with Gasteiger partial charge in [0.2, 0.25) is 5.91 Å². The van der Waals surface area contributed by atoms with Crippen LogP contribution in [0.5, 0.6) is 0 Å². The molecule has 1 fully saturated rings. The largest absolute Gasteiger partial charge is 0.376 e. The van der Waals surface area contributed by atoms with E-state index in [4.69, 9.17) is 5.11 Å². The highest BCUT2D eigenvalue weighted by molar-refractivity contribution is 5.78. The van der Waals surface area contributed by atoms with Gasteiger partial charge in [0.15, 0.2) is 0 Å². The maximum atomic E-state index is 11.1. The summed E-state index contributed by atoms with van der Waals surface area (Å²) in [6.07, 6.45) is 3.64. The van der Waals surface area contributed by atoms with Crippen molar-refractivity contribution in [3.05, 3.63) is 0 Å². The maximum Gasteiger partial charge on any atom is 0.224 e. The number of hydrogen-bond acceptors (Lipinski definition) is 2. The summed E-state index contributed by atoms with van der Waals surface area (Å²) in [6.45, 7) is 1.99. The Bertz CT molecular complexity index is 147. The van der Waals surface area contributed by atoms with E-state index in [9.17, 15) is 4.79 Å². The predicted octanol–water partition coefficient (Wildman–Crippen LogP) is 0.727. The number of aliphatic hydroxyl groups excluding tert-OH is 1. The van der Waals surface area contributed by atoms with E-state index in [0.29, 0.717) is 12.5 Å². The first-order valence-electron chi connectivity index (χ1n) is 4.20. The molecule has 1 aliphatic rings. The lowest BCUT2D eigenvalue weighted by atomic mass is 10.1. The molecule has 0 bridgehead atoms. The second-order valence-electron chi connectivity index (χ2n) is 2.99. The van der Waals surface area contributed by atoms with Crippen LogP contribution < -0.4 is 0 Å². The quantitative estimate of drug-likeness (QED) is 0.656. The van der Waals surface area contributed by atoms with Crippen molar-refractivity contribution in [1.29, 1.82) is 0 Å². The molecule has 1 rings (SSSR count). The van der Waals surface area contributed by atoms with Crippen LogP contribution in [0.2, 0.25) is 0 Å². The third kappa shape index (κ3) is 1.71. The molecule has 0 aromatic heterocycles. The van der Waals surface area contributed by atoms with Gasteiger partial charge in [-0.2, -0.15) is 0 Å². The molecule has 0 aliphatic carbocycles. The predicted molar refractivity (Wildman–Crippen MR) is 41.9 cm³/mol. The molecular weight excluding hydrogens is 142 g/mol. The van der Waals surface area contributed by atoms with E-state index in [1.54, 1.807) is 4.90 Å². The number of hydrogen-bond donors (Lipinski definition) is 1. The van der Waals surface area contributed by atoms with Gasteiger partial charge in [0, 0.05) is 12.5 Å². The molecule has 3 nitrogen and oxygen atoms in total. The average Bonchev–Trinajstić information content (AvgIpc) is 2.33. The van der Waals surface area contributed by atoms with E-state index in [0.717, 1.165) is 19.3 Å². The van der Waals surface area contributed by atoms with E-state index < -0.39 is 0 Å². The van der Waals surface area contributed by atoms with Crippen LogP contribution in [0.15, 0.2) is 0 Å². The zero-order chi connectivity index (χ0) is 8.27. The van der Waals surface area contributed by atoms with Crippen molar-refractivity contribution >= 4 is 5.91 Å². The van der Waals surface area contributed by atoms with E-state index in [1.807, 2.05) is 0 Å². The van der Waals surface area contributed by atoms with Gasteiger partial charge in [-0.15, -0.1) is 0 Å². The van der Waals surface area contributed by atoms with Crippen LogP contribution in [0.25, 0.3) is 0 Å². The lowest BCUT2D eigenvalue weighted by Gasteiger charge is -2.21. The van der Waals surface area contributed by atoms with Crippen molar-refractivity contribution in [2.24, 2.45) is 0 Å². The molecular formula is C8H15NO2. The summed E-state index contributed by atoms with van der Waals surface area (Å²) < 4.78 is 0. The Kier molecular flexibility index (Phi) is 2.88. The minimum atomic E-state index is -0.108. The molecule has 1 atom stereocenters. The molecule has 64 valence electrons. The number of carbonyl (C=O) groups is 1. The van der Waals surface area contributed by atoms with Gasteiger partial charge in [-0.3, -0.25) is 4.79 Å². The van der Waals surface area contributed by atoms with Crippen LogP contribution in [0.4, 0.5) is 0 Å². The van der Waals surface area contributed by atoms with Gasteiger partial charge < -0.3 is 10.0 Å². The van der Waals surface area contributed by atoms with Gasteiger partial charge in [0.1, 0.15) is 6.73 Å². The van der Waals surface area contributed by atoms with Crippen LogP contribution in [0.1, 0.15) is 32.6 Å². The molecule has 0 saturated carbocycles. The first-order chi connectivity index (χ1) is 5.29. The number of rotatable bonds is 3. The summed E-state index contributed by atoms with van der Waals surface area (Å²) >= 11 is 0. The third-order valence-corrected chi connectivity index (χ3v) is 2.23. The number of carbonyl (C=O) groups excluding carboxylic acids is 1. The second-order valence-corrected chi connectivity index (χ2v) is 2.99. The Hall–Kier alpha value is -0.570. The Morgan fingerprint density at radius 1 is 1.73 bits per heavy atom. The Morgan fingerprint density at radius 2 is 2.45 bits per heavy atom. The number of aliphatic hydroxyl groups is 1. The lowest BCUT2D eigenvalue weighted by molar-refractivity contribution is -0.132. The molecule has 0 spiro atoms. The van der Waals surface area contributed by atoms with Gasteiger partial charge in [0.25, 0.3) is 0 Å². The van der Waals surface area contributed by atoms with Gasteiger partial charge in [-0.05, 0) is 12.8 Å². The Balaban J connectivity index is 2.47. The molecule has 0 radical (unpaired) electrons. The van der Waals surface area contributed by atoms with Gasteiger partial charge in [0.05, 0.1) is 0 Å². The lowest BCUT2D eigenvalue weighted by Crippen LogP contribution is -2.33. The van der Waals surface area contributed by atoms with Crippen LogP contribution in [0, 0.1) is 0 Å². The monoisotopic (exact) mass is 157 g/mol. The van der Waals surface area contributed by atoms with Crippen LogP contribution >= 0.6 is 0 Å². The topological polar surface area (TPSA) is 40.5 Å². The van der Waals surface area contributed by atoms with Crippen molar-refractivity contribution in [2.45, 2.75) is 38.6 Å². The van der Waals surface area contributed by atoms with E-state index in [1.165, 1.54) is 0 Å². The highest BCUT2D eigenvalue weighted by Crippen LogP contribution is 2.21. The summed E-state index contributed by atoms with van der Waals surface area (Å²) in [4.78, 5) is 12.6. The Labute approximate surface area is 67.0 Å². The van der Waals surface area contributed by atoms with Crippen molar-refractivity contribution in [3.8, 4) is 0 Å². The first kappa shape index (κ1) is 8.53. The fourth-order valence-electron chi connectivity index (χ4n) is 1.62. The van der Waals surface area contributed by atoms with Crippen LogP contribution in [0.3, 0.4) is 0 Å². The third-order valence-electron chi connectivity index (χ3n) is 2.23. The zero-order valence-corrected chi connectivity index (χ0v) is 6.92. The second kappa shape index (κ2) is 3.72. The minimum Gasteiger partial charge on any atom is -0.376 e. The summed E-state index contributed by atoms with van der Waals surface area (Å²) in [5.41, 5.74) is 0. The van der Waals surface area contributed by atoms with E-state index >= 15 is 0 Å². The molecule has 1 saturated heterocycles. The molecule has 0 aromatic carbocycles. The van der Waals surface area contributed by atoms with Gasteiger partial charge in [-0.1, -0.05) is 13.3 Å². The zero-order valence-electron chi connectivity index (χ0n) is 6.92. The standard InChI is InChI=1S/C8H15NO2/c1-2-3-7-4-5-8(11)9(7)6-10/h7,10H,2-6H2,1H3/t7-/m1/s1. The first-order valence-corrected chi connectivity index (χ1v) is 4.20. The molecule has 1 amide bonds. The number of nitrogens with zero attached hydrogens (tertiary/aromatic N) is 1. The summed E-state index contributed by atoms with van der Waals surface area (Å²) in [5, 5.41) is 8.84. The van der Waals surface area contributed by atoms with Gasteiger partial charge >= 0.3 is 0 Å². The van der Waals surface area contributed by atoms with Crippen LogP contribution in [-0.2, 0) is 4.79 Å².